The fraction of sp³-hybridized carbons (Fsp3) is 0.719. The van der Waals surface area contributed by atoms with Crippen LogP contribution in [-0.4, -0.2) is 116 Å². The van der Waals surface area contributed by atoms with E-state index in [0.717, 1.165) is 0 Å². The number of Topliss-reactive ketones (excluding diaryl/α,β-unsaturated/α-hetero) is 1. The molecule has 7 rings (SSSR count). The molecule has 14 heteroatoms. The third kappa shape index (κ3) is 3.35. The number of aliphatic hydroxyl groups is 5. The Morgan fingerprint density at radius 3 is 2.41 bits per heavy atom. The van der Waals surface area contributed by atoms with E-state index >= 15 is 0 Å². The predicted octanol–water partition coefficient (Wildman–Crippen LogP) is -0.354. The first-order valence-corrected chi connectivity index (χ1v) is 15.5. The topological polar surface area (TPSA) is 226 Å². The summed E-state index contributed by atoms with van der Waals surface area (Å²) in [6, 6.07) is 1.56. The number of carbonyl (C=O) groups excluding carboxylic acids is 2. The Bertz CT molecular complexity index is 1490. The molecule has 1 aromatic heterocycles. The van der Waals surface area contributed by atoms with Crippen LogP contribution in [0.4, 0.5) is 0 Å². The number of furan rings is 1. The van der Waals surface area contributed by atoms with Gasteiger partial charge >= 0.3 is 5.97 Å². The van der Waals surface area contributed by atoms with Gasteiger partial charge in [0.1, 0.15) is 41.5 Å². The number of carbonyl (C=O) groups is 3. The molecular formula is C32H40O14. The van der Waals surface area contributed by atoms with Gasteiger partial charge in [-0.2, -0.15) is 0 Å². The number of aliphatic hydroxyl groups excluding tert-OH is 5. The van der Waals surface area contributed by atoms with Gasteiger partial charge in [0.25, 0.3) is 0 Å². The summed E-state index contributed by atoms with van der Waals surface area (Å²) in [6.45, 7) is 5.96. The molecule has 252 valence electrons. The summed E-state index contributed by atoms with van der Waals surface area (Å²) in [4.78, 5) is 41.4. The van der Waals surface area contributed by atoms with Gasteiger partial charge in [-0.15, -0.1) is 0 Å². The van der Waals surface area contributed by atoms with Crippen LogP contribution in [0.15, 0.2) is 35.2 Å². The molecule has 0 bridgehead atoms. The zero-order valence-electron chi connectivity index (χ0n) is 25.9. The van der Waals surface area contributed by atoms with Crippen molar-refractivity contribution in [3.63, 3.8) is 0 Å². The van der Waals surface area contributed by atoms with Crippen LogP contribution in [0.25, 0.3) is 0 Å². The molecule has 0 amide bonds. The Kier molecular flexibility index (Phi) is 6.80. The smallest absolute Gasteiger partial charge is 0.335 e. The number of hydrogen-bond acceptors (Lipinski definition) is 13. The van der Waals surface area contributed by atoms with Gasteiger partial charge < -0.3 is 54.0 Å². The molecule has 6 N–H and O–H groups in total. The third-order valence-electron chi connectivity index (χ3n) is 12.7. The van der Waals surface area contributed by atoms with Gasteiger partial charge in [0.15, 0.2) is 24.0 Å². The minimum atomic E-state index is -1.86. The molecule has 3 aliphatic heterocycles. The van der Waals surface area contributed by atoms with E-state index in [4.69, 9.17) is 23.4 Å². The van der Waals surface area contributed by atoms with Crippen molar-refractivity contribution in [2.45, 2.75) is 101 Å². The van der Waals surface area contributed by atoms with E-state index in [1.807, 2.05) is 0 Å². The number of rotatable bonds is 6. The van der Waals surface area contributed by atoms with E-state index in [1.165, 1.54) is 18.6 Å². The molecule has 6 aliphatic rings. The minimum Gasteiger partial charge on any atom is -0.479 e. The van der Waals surface area contributed by atoms with Crippen molar-refractivity contribution >= 4 is 17.5 Å². The van der Waals surface area contributed by atoms with E-state index in [9.17, 15) is 45.0 Å². The zero-order chi connectivity index (χ0) is 33.4. The first-order chi connectivity index (χ1) is 21.5. The normalized spacial score (nSPS) is 51.1. The van der Waals surface area contributed by atoms with Gasteiger partial charge in [-0.05, 0) is 51.7 Å². The molecule has 0 radical (unpaired) electrons. The van der Waals surface area contributed by atoms with Crippen LogP contribution in [0.2, 0.25) is 0 Å². The lowest BCUT2D eigenvalue weighted by atomic mass is 9.35. The second kappa shape index (κ2) is 9.77. The summed E-state index contributed by atoms with van der Waals surface area (Å²) in [5.41, 5.74) is -8.56. The first kappa shape index (κ1) is 32.0. The summed E-state index contributed by atoms with van der Waals surface area (Å²) < 4.78 is 29.9. The largest absolute Gasteiger partial charge is 0.479 e. The predicted molar refractivity (Wildman–Crippen MR) is 151 cm³/mol. The van der Waals surface area contributed by atoms with Crippen LogP contribution in [0.3, 0.4) is 0 Å². The zero-order valence-corrected chi connectivity index (χ0v) is 25.9. The first-order valence-electron chi connectivity index (χ1n) is 15.5. The summed E-state index contributed by atoms with van der Waals surface area (Å²) in [5.74, 6) is -3.20. The molecule has 14 atom stereocenters. The molecular weight excluding hydrogens is 608 g/mol. The fourth-order valence-corrected chi connectivity index (χ4v) is 10.6. The summed E-state index contributed by atoms with van der Waals surface area (Å²) in [5, 5.41) is 64.0. The van der Waals surface area contributed by atoms with Crippen molar-refractivity contribution in [3.8, 4) is 0 Å². The number of epoxide rings is 1. The van der Waals surface area contributed by atoms with Crippen molar-refractivity contribution < 1.29 is 68.4 Å². The molecule has 5 fully saturated rings. The Morgan fingerprint density at radius 1 is 1.09 bits per heavy atom. The van der Waals surface area contributed by atoms with Crippen molar-refractivity contribution in [2.24, 2.45) is 27.6 Å². The number of hydrogen-bond donors (Lipinski definition) is 6. The van der Waals surface area contributed by atoms with Crippen LogP contribution < -0.4 is 0 Å². The average Bonchev–Trinajstić information content (AvgIpc) is 3.28. The minimum absolute atomic E-state index is 0.0178. The number of ether oxygens (including phenoxy) is 4. The molecule has 14 nitrogen and oxygen atoms in total. The van der Waals surface area contributed by atoms with E-state index in [0.29, 0.717) is 5.56 Å². The van der Waals surface area contributed by atoms with Gasteiger partial charge in [0.2, 0.25) is 0 Å². The molecule has 2 saturated carbocycles. The van der Waals surface area contributed by atoms with Crippen molar-refractivity contribution in [2.75, 3.05) is 13.2 Å². The Morgan fingerprint density at radius 2 is 1.80 bits per heavy atom. The van der Waals surface area contributed by atoms with Crippen LogP contribution >= 0.6 is 0 Å². The van der Waals surface area contributed by atoms with Gasteiger partial charge in [-0.3, -0.25) is 9.59 Å². The van der Waals surface area contributed by atoms with Crippen LogP contribution in [-0.2, 0) is 33.3 Å². The number of fused-ring (bicyclic) bond motifs is 2. The highest BCUT2D eigenvalue weighted by atomic mass is 16.7. The summed E-state index contributed by atoms with van der Waals surface area (Å²) in [7, 11) is 0. The molecule has 1 aromatic rings. The van der Waals surface area contributed by atoms with Crippen molar-refractivity contribution in [1.82, 2.24) is 0 Å². The second-order valence-electron chi connectivity index (χ2n) is 14.7. The molecule has 0 aromatic carbocycles. The monoisotopic (exact) mass is 648 g/mol. The van der Waals surface area contributed by atoms with Crippen molar-refractivity contribution in [1.29, 1.82) is 0 Å². The van der Waals surface area contributed by atoms with Crippen molar-refractivity contribution in [3.05, 3.63) is 36.3 Å². The van der Waals surface area contributed by atoms with Crippen LogP contribution in [0, 0.1) is 27.6 Å². The summed E-state index contributed by atoms with van der Waals surface area (Å²) >= 11 is 0. The highest BCUT2D eigenvalue weighted by Gasteiger charge is 2.91. The lowest BCUT2D eigenvalue weighted by molar-refractivity contribution is -0.328. The van der Waals surface area contributed by atoms with Gasteiger partial charge in [0, 0.05) is 16.4 Å². The lowest BCUT2D eigenvalue weighted by Crippen LogP contribution is -2.77. The highest BCUT2D eigenvalue weighted by Crippen LogP contribution is 2.80. The average molecular weight is 649 g/mol. The van der Waals surface area contributed by atoms with E-state index < -0.39 is 112 Å². The number of carboxylic acid groups (broad SMARTS) is 1. The molecule has 1 spiro atoms. The fourth-order valence-electron chi connectivity index (χ4n) is 10.6. The molecule has 3 aliphatic carbocycles. The molecule has 4 heterocycles. The van der Waals surface area contributed by atoms with E-state index in [1.54, 1.807) is 39.8 Å². The molecule has 3 saturated heterocycles. The standard InChI is InChI=1S/C32H40O14/c1-27(2)31-17(34)6-9-30(31,13-43-27)16-5-8-28(3,32(24(46-32)25(40)41)29(16,4)21(38)22(31)39)23(14-7-10-42-12-14)45-26-20(37)19(36)18(35)15(11-33)44-26/h6-7,9-10,12,15-16,18-20,22-24,26,33,35-37,39H,5,8,11,13H2,1-4H3,(H,40,41)/t15-,16+,18-,19+,20-,22-,23+,24-,26+,28+,29+,30+,31+,32-/m1/s1. The molecule has 0 unspecified atom stereocenters. The Balaban J connectivity index is 1.39. The maximum absolute atomic E-state index is 14.8. The maximum Gasteiger partial charge on any atom is 0.335 e. The second-order valence-corrected chi connectivity index (χ2v) is 14.7. The van der Waals surface area contributed by atoms with Gasteiger partial charge in [0.05, 0.1) is 42.9 Å². The lowest BCUT2D eigenvalue weighted by Gasteiger charge is -2.65. The number of aliphatic carboxylic acids is 1. The number of allylic oxidation sites excluding steroid dienone is 1. The van der Waals surface area contributed by atoms with Gasteiger partial charge in [-0.25, -0.2) is 4.79 Å². The Hall–Kier alpha value is -2.53. The number of carboxylic acids is 1. The summed E-state index contributed by atoms with van der Waals surface area (Å²) in [6.07, 6.45) is -6.41. The highest BCUT2D eigenvalue weighted by molar-refractivity contribution is 6.08. The maximum atomic E-state index is 14.8. The van der Waals surface area contributed by atoms with Crippen LogP contribution in [0.5, 0.6) is 0 Å². The Labute approximate surface area is 263 Å². The van der Waals surface area contributed by atoms with E-state index in [2.05, 4.69) is 0 Å². The number of ketones is 2. The van der Waals surface area contributed by atoms with Gasteiger partial charge in [-0.1, -0.05) is 13.0 Å². The van der Waals surface area contributed by atoms with Crippen LogP contribution in [0.1, 0.15) is 52.2 Å². The molecule has 46 heavy (non-hydrogen) atoms. The SMILES string of the molecule is CC1(C)OC[C@]23C=CC(=O)[C@]12[C@H](O)C(=O)[C@]1(C)[C@@H]3CC[C@@](C)([C@@H](O[C@@H]2O[C@H](CO)[C@@H](O)[C@H](O)[C@H]2O)c2ccoc2)[C@@]12O[C@@H]2C(=O)O. The van der Waals surface area contributed by atoms with E-state index in [-0.39, 0.29) is 19.4 Å². The third-order valence-corrected chi connectivity index (χ3v) is 12.7. The quantitative estimate of drug-likeness (QED) is 0.217.